The number of likely N-dealkylation sites (tertiary alicyclic amines) is 1. The molecule has 0 saturated carbocycles. The van der Waals surface area contributed by atoms with Gasteiger partial charge in [0.15, 0.2) is 0 Å². The maximum atomic E-state index is 12.8. The second-order valence-electron chi connectivity index (χ2n) is 6.58. The van der Waals surface area contributed by atoms with Gasteiger partial charge in [-0.15, -0.1) is 0 Å². The van der Waals surface area contributed by atoms with Crippen molar-refractivity contribution >= 4 is 17.6 Å². The minimum absolute atomic E-state index is 0.0106. The van der Waals surface area contributed by atoms with E-state index >= 15 is 0 Å². The lowest BCUT2D eigenvalue weighted by Gasteiger charge is -2.36. The average Bonchev–Trinajstić information content (AvgIpc) is 3.23. The van der Waals surface area contributed by atoms with Crippen molar-refractivity contribution in [2.24, 2.45) is 5.92 Å². The molecule has 3 aliphatic rings. The van der Waals surface area contributed by atoms with E-state index in [1.54, 1.807) is 0 Å². The Morgan fingerprint density at radius 3 is 2.74 bits per heavy atom. The van der Waals surface area contributed by atoms with E-state index < -0.39 is 12.0 Å². The second kappa shape index (κ2) is 5.41. The maximum Gasteiger partial charge on any atom is 0.326 e. The summed E-state index contributed by atoms with van der Waals surface area (Å²) in [7, 11) is 0. The fraction of sp³-hybridized carbons (Fsp3) is 0.444. The van der Waals surface area contributed by atoms with Crippen LogP contribution in [0.4, 0.5) is 5.69 Å². The van der Waals surface area contributed by atoms with Gasteiger partial charge < -0.3 is 15.3 Å². The van der Waals surface area contributed by atoms with Crippen LogP contribution in [0, 0.1) is 5.92 Å². The summed E-state index contributed by atoms with van der Waals surface area (Å²) in [5.74, 6) is -0.731. The van der Waals surface area contributed by atoms with Crippen molar-refractivity contribution in [1.29, 1.82) is 0 Å². The van der Waals surface area contributed by atoms with E-state index in [4.69, 9.17) is 0 Å². The Labute approximate surface area is 135 Å². The highest BCUT2D eigenvalue weighted by molar-refractivity contribution is 6.01. The first-order valence-electron chi connectivity index (χ1n) is 8.25. The standard InChI is InChI=1S/C18H20N2O3/c21-17(20-9-1-2-10-20)14-8-4-6-12-11-5-3-7-13(11)16(18(22)23)19-15(12)14/h3-6,8,11,13,16,19H,1-2,7,9-10H2,(H,22,23)/t11-,13+,16+/m1/s1. The molecule has 4 rings (SSSR count). The van der Waals surface area contributed by atoms with Gasteiger partial charge >= 0.3 is 5.97 Å². The molecule has 0 spiro atoms. The molecule has 0 unspecified atom stereocenters. The van der Waals surface area contributed by atoms with Gasteiger partial charge in [-0.2, -0.15) is 0 Å². The number of nitrogens with zero attached hydrogens (tertiary/aromatic N) is 1. The van der Waals surface area contributed by atoms with Crippen LogP contribution in [0.25, 0.3) is 0 Å². The molecule has 23 heavy (non-hydrogen) atoms. The number of allylic oxidation sites excluding steroid dienone is 2. The first kappa shape index (κ1) is 14.3. The molecule has 1 amide bonds. The number of rotatable bonds is 2. The van der Waals surface area contributed by atoms with Gasteiger partial charge in [-0.3, -0.25) is 4.79 Å². The first-order chi connectivity index (χ1) is 11.2. The maximum absolute atomic E-state index is 12.8. The van der Waals surface area contributed by atoms with Crippen molar-refractivity contribution in [2.75, 3.05) is 18.4 Å². The van der Waals surface area contributed by atoms with Crippen molar-refractivity contribution in [1.82, 2.24) is 4.90 Å². The highest BCUT2D eigenvalue weighted by Gasteiger charge is 2.42. The third kappa shape index (κ3) is 2.22. The van der Waals surface area contributed by atoms with E-state index in [0.717, 1.165) is 37.9 Å². The summed E-state index contributed by atoms with van der Waals surface area (Å²) in [6.07, 6.45) is 6.98. The second-order valence-corrected chi connectivity index (χ2v) is 6.58. The van der Waals surface area contributed by atoms with Crippen LogP contribution in [0.15, 0.2) is 30.4 Å². The molecule has 1 fully saturated rings. The lowest BCUT2D eigenvalue weighted by molar-refractivity contribution is -0.139. The summed E-state index contributed by atoms with van der Waals surface area (Å²) in [5.41, 5.74) is 2.37. The van der Waals surface area contributed by atoms with Crippen LogP contribution in [0.1, 0.15) is 41.1 Å². The largest absolute Gasteiger partial charge is 0.480 e. The molecular formula is C18H20N2O3. The molecular weight excluding hydrogens is 292 g/mol. The van der Waals surface area contributed by atoms with Gasteiger partial charge in [0.2, 0.25) is 0 Å². The molecule has 1 saturated heterocycles. The van der Waals surface area contributed by atoms with E-state index in [2.05, 4.69) is 17.5 Å². The Bertz CT molecular complexity index is 692. The minimum Gasteiger partial charge on any atom is -0.480 e. The van der Waals surface area contributed by atoms with E-state index in [0.29, 0.717) is 11.3 Å². The summed E-state index contributed by atoms with van der Waals surface area (Å²) in [4.78, 5) is 26.3. The van der Waals surface area contributed by atoms with Gasteiger partial charge in [0.1, 0.15) is 6.04 Å². The van der Waals surface area contributed by atoms with Crippen LogP contribution in [0.5, 0.6) is 0 Å². The Hall–Kier alpha value is -2.30. The molecule has 5 heteroatoms. The lowest BCUT2D eigenvalue weighted by atomic mass is 9.78. The molecule has 3 atom stereocenters. The summed E-state index contributed by atoms with van der Waals surface area (Å²) >= 11 is 0. The number of carbonyl (C=O) groups is 2. The summed E-state index contributed by atoms with van der Waals surface area (Å²) < 4.78 is 0. The number of hydrogen-bond donors (Lipinski definition) is 2. The SMILES string of the molecule is O=C(O)[C@H]1Nc2c(C(=O)N3CCCC3)cccc2[C@H]2C=CC[C@H]12. The van der Waals surface area contributed by atoms with Crippen LogP contribution >= 0.6 is 0 Å². The molecule has 2 heterocycles. The Morgan fingerprint density at radius 2 is 2.00 bits per heavy atom. The van der Waals surface area contributed by atoms with E-state index in [9.17, 15) is 14.7 Å². The van der Waals surface area contributed by atoms with Gasteiger partial charge in [-0.1, -0.05) is 24.3 Å². The van der Waals surface area contributed by atoms with Crippen LogP contribution in [0.2, 0.25) is 0 Å². The van der Waals surface area contributed by atoms with E-state index in [1.807, 2.05) is 23.1 Å². The number of carboxylic acid groups (broad SMARTS) is 1. The van der Waals surface area contributed by atoms with E-state index in [-0.39, 0.29) is 17.7 Å². The zero-order chi connectivity index (χ0) is 16.0. The number of carbonyl (C=O) groups excluding carboxylic acids is 1. The molecule has 2 N–H and O–H groups in total. The van der Waals surface area contributed by atoms with Crippen LogP contribution < -0.4 is 5.32 Å². The molecule has 2 aliphatic heterocycles. The van der Waals surface area contributed by atoms with Crippen LogP contribution in [0.3, 0.4) is 0 Å². The summed E-state index contributed by atoms with van der Waals surface area (Å²) in [6, 6.07) is 5.09. The number of amides is 1. The Balaban J connectivity index is 1.77. The quantitative estimate of drug-likeness (QED) is 0.823. The third-order valence-electron chi connectivity index (χ3n) is 5.29. The molecule has 120 valence electrons. The zero-order valence-electron chi connectivity index (χ0n) is 12.9. The zero-order valence-corrected chi connectivity index (χ0v) is 12.9. The Morgan fingerprint density at radius 1 is 1.22 bits per heavy atom. The molecule has 1 aromatic rings. The number of hydrogen-bond acceptors (Lipinski definition) is 3. The lowest BCUT2D eigenvalue weighted by Crippen LogP contribution is -2.43. The number of carboxylic acids is 1. The third-order valence-corrected chi connectivity index (χ3v) is 5.29. The minimum atomic E-state index is -0.849. The first-order valence-corrected chi connectivity index (χ1v) is 8.25. The molecule has 5 nitrogen and oxygen atoms in total. The molecule has 1 aliphatic carbocycles. The van der Waals surface area contributed by atoms with Crippen molar-refractivity contribution in [3.8, 4) is 0 Å². The number of benzene rings is 1. The van der Waals surface area contributed by atoms with Crippen LogP contribution in [-0.2, 0) is 4.79 Å². The van der Waals surface area contributed by atoms with Gasteiger partial charge in [0, 0.05) is 24.9 Å². The van der Waals surface area contributed by atoms with Gasteiger partial charge in [0.05, 0.1) is 11.3 Å². The van der Waals surface area contributed by atoms with E-state index in [1.165, 1.54) is 0 Å². The van der Waals surface area contributed by atoms with Crippen molar-refractivity contribution in [2.45, 2.75) is 31.2 Å². The normalized spacial score (nSPS) is 28.2. The fourth-order valence-corrected chi connectivity index (χ4v) is 4.13. The van der Waals surface area contributed by atoms with Gasteiger partial charge in [-0.25, -0.2) is 4.79 Å². The Kier molecular flexibility index (Phi) is 3.36. The number of anilines is 1. The number of fused-ring (bicyclic) bond motifs is 3. The number of nitrogens with one attached hydrogen (secondary N) is 1. The van der Waals surface area contributed by atoms with Crippen molar-refractivity contribution in [3.63, 3.8) is 0 Å². The van der Waals surface area contributed by atoms with Gasteiger partial charge in [-0.05, 0) is 30.9 Å². The number of para-hydroxylation sites is 1. The fourth-order valence-electron chi connectivity index (χ4n) is 4.13. The molecule has 0 bridgehead atoms. The summed E-state index contributed by atoms with van der Waals surface area (Å²) in [5, 5.41) is 12.7. The molecule has 0 aromatic heterocycles. The topological polar surface area (TPSA) is 69.6 Å². The van der Waals surface area contributed by atoms with Gasteiger partial charge in [0.25, 0.3) is 5.91 Å². The summed E-state index contributed by atoms with van der Waals surface area (Å²) in [6.45, 7) is 1.58. The van der Waals surface area contributed by atoms with Crippen LogP contribution in [-0.4, -0.2) is 41.0 Å². The monoisotopic (exact) mass is 312 g/mol. The molecule has 0 radical (unpaired) electrons. The highest BCUT2D eigenvalue weighted by atomic mass is 16.4. The van der Waals surface area contributed by atoms with Crippen molar-refractivity contribution < 1.29 is 14.7 Å². The predicted molar refractivity (Wildman–Crippen MR) is 86.6 cm³/mol. The molecule has 1 aromatic carbocycles. The van der Waals surface area contributed by atoms with Crippen molar-refractivity contribution in [3.05, 3.63) is 41.5 Å². The smallest absolute Gasteiger partial charge is 0.326 e. The predicted octanol–water partition coefficient (Wildman–Crippen LogP) is 2.46. The number of aliphatic carboxylic acids is 1. The highest BCUT2D eigenvalue weighted by Crippen LogP contribution is 2.45. The average molecular weight is 312 g/mol.